The Labute approximate surface area is 287 Å². The fraction of sp³-hybridized carbons (Fsp3) is 0.605. The van der Waals surface area contributed by atoms with E-state index in [1.54, 1.807) is 24.1 Å². The third-order valence-electron chi connectivity index (χ3n) is 9.03. The molecule has 0 spiro atoms. The van der Waals surface area contributed by atoms with Gasteiger partial charge in [-0.2, -0.15) is 0 Å². The number of carbonyl (C=O) groups excluding carboxylic acids is 3. The monoisotopic (exact) mass is 670 g/mol. The summed E-state index contributed by atoms with van der Waals surface area (Å²) in [6, 6.07) is 11.9. The van der Waals surface area contributed by atoms with E-state index in [4.69, 9.17) is 9.84 Å². The second-order valence-electron chi connectivity index (χ2n) is 13.0. The maximum atomic E-state index is 13.9. The van der Waals surface area contributed by atoms with Crippen molar-refractivity contribution in [2.45, 2.75) is 104 Å². The van der Waals surface area contributed by atoms with E-state index in [0.717, 1.165) is 76.2 Å². The number of hydrogen-bond acceptors (Lipinski definition) is 6. The molecule has 48 heavy (non-hydrogen) atoms. The number of para-hydroxylation sites is 1. The van der Waals surface area contributed by atoms with Crippen LogP contribution in [0.15, 0.2) is 42.5 Å². The molecule has 1 fully saturated rings. The van der Waals surface area contributed by atoms with E-state index in [-0.39, 0.29) is 41.6 Å². The van der Waals surface area contributed by atoms with Gasteiger partial charge in [0.15, 0.2) is 0 Å². The number of aliphatic hydroxyl groups excluding tert-OH is 1. The van der Waals surface area contributed by atoms with Gasteiger partial charge in [-0.15, -0.1) is 0 Å². The number of rotatable bonds is 14. The number of hydrogen-bond donors (Lipinski definition) is 4. The molecular formula is C38H59FN4O5. The number of nitrogens with zero attached hydrogens (tertiary/aromatic N) is 1. The van der Waals surface area contributed by atoms with Crippen molar-refractivity contribution in [1.29, 1.82) is 0 Å². The fourth-order valence-electron chi connectivity index (χ4n) is 6.58. The van der Waals surface area contributed by atoms with E-state index in [9.17, 15) is 18.8 Å². The summed E-state index contributed by atoms with van der Waals surface area (Å²) >= 11 is 0. The Kier molecular flexibility index (Phi) is 18.8. The zero-order valence-electron chi connectivity index (χ0n) is 29.9. The lowest BCUT2D eigenvalue weighted by Gasteiger charge is -2.38. The van der Waals surface area contributed by atoms with E-state index in [1.165, 1.54) is 29.7 Å². The van der Waals surface area contributed by atoms with Gasteiger partial charge < -0.3 is 30.7 Å². The third-order valence-corrected chi connectivity index (χ3v) is 9.03. The Morgan fingerprint density at radius 3 is 2.35 bits per heavy atom. The molecule has 0 bridgehead atoms. The number of halogens is 1. The molecular weight excluding hydrogens is 611 g/mol. The molecule has 2 aromatic rings. The Hall–Kier alpha value is -3.50. The summed E-state index contributed by atoms with van der Waals surface area (Å²) in [6.07, 6.45) is 9.79. The SMILES string of the molecule is CCNC(=O)C(C(C)C)N(C)C(=O)C(NCC1CCc2cccc(CCCNC=O)c2O1)C1CCCCC1.CO.Cc1ccc(F)cc1. The van der Waals surface area contributed by atoms with Gasteiger partial charge in [0.25, 0.3) is 0 Å². The molecule has 0 radical (unpaired) electrons. The van der Waals surface area contributed by atoms with Gasteiger partial charge in [0, 0.05) is 33.8 Å². The van der Waals surface area contributed by atoms with Crippen molar-refractivity contribution >= 4 is 18.2 Å². The summed E-state index contributed by atoms with van der Waals surface area (Å²) < 4.78 is 18.6. The van der Waals surface area contributed by atoms with Crippen LogP contribution in [-0.2, 0) is 27.2 Å². The van der Waals surface area contributed by atoms with E-state index >= 15 is 0 Å². The molecule has 2 aliphatic rings. The summed E-state index contributed by atoms with van der Waals surface area (Å²) in [7, 11) is 2.78. The van der Waals surface area contributed by atoms with Crippen molar-refractivity contribution in [2.75, 3.05) is 33.8 Å². The van der Waals surface area contributed by atoms with Crippen LogP contribution in [0.1, 0.15) is 82.4 Å². The summed E-state index contributed by atoms with van der Waals surface area (Å²) in [5.74, 6) is 0.977. The topological polar surface area (TPSA) is 120 Å². The molecule has 1 aliphatic heterocycles. The Morgan fingerprint density at radius 1 is 1.06 bits per heavy atom. The predicted molar refractivity (Wildman–Crippen MR) is 189 cm³/mol. The fourth-order valence-corrected chi connectivity index (χ4v) is 6.58. The minimum absolute atomic E-state index is 0.00132. The van der Waals surface area contributed by atoms with Gasteiger partial charge in [0.2, 0.25) is 18.2 Å². The molecule has 2 aromatic carbocycles. The number of aryl methyl sites for hydroxylation is 3. The van der Waals surface area contributed by atoms with Gasteiger partial charge >= 0.3 is 0 Å². The zero-order valence-corrected chi connectivity index (χ0v) is 29.9. The minimum Gasteiger partial charge on any atom is -0.489 e. The van der Waals surface area contributed by atoms with Crippen molar-refractivity contribution < 1.29 is 28.6 Å². The lowest BCUT2D eigenvalue weighted by Crippen LogP contribution is -2.58. The van der Waals surface area contributed by atoms with E-state index < -0.39 is 6.04 Å². The zero-order chi connectivity index (χ0) is 35.5. The van der Waals surface area contributed by atoms with Crippen LogP contribution in [0.3, 0.4) is 0 Å². The number of likely N-dealkylation sites (N-methyl/N-ethyl adjacent to an activating group) is 2. The third kappa shape index (κ3) is 12.8. The van der Waals surface area contributed by atoms with Gasteiger partial charge in [-0.05, 0) is 87.5 Å². The molecule has 10 heteroatoms. The summed E-state index contributed by atoms with van der Waals surface area (Å²) in [6.45, 7) is 9.60. The van der Waals surface area contributed by atoms with Crippen LogP contribution in [0.4, 0.5) is 4.39 Å². The van der Waals surface area contributed by atoms with Gasteiger partial charge in [-0.3, -0.25) is 14.4 Å². The molecule has 3 atom stereocenters. The van der Waals surface area contributed by atoms with Crippen molar-refractivity contribution in [3.8, 4) is 5.75 Å². The second kappa shape index (κ2) is 22.2. The molecule has 1 saturated carbocycles. The van der Waals surface area contributed by atoms with Crippen LogP contribution in [-0.4, -0.2) is 80.2 Å². The molecule has 1 heterocycles. The lowest BCUT2D eigenvalue weighted by molar-refractivity contribution is -0.143. The van der Waals surface area contributed by atoms with Crippen molar-refractivity contribution in [3.05, 3.63) is 65.0 Å². The van der Waals surface area contributed by atoms with Crippen LogP contribution >= 0.6 is 0 Å². The highest BCUT2D eigenvalue weighted by Gasteiger charge is 2.37. The maximum absolute atomic E-state index is 13.9. The quantitative estimate of drug-likeness (QED) is 0.167. The molecule has 0 saturated heterocycles. The summed E-state index contributed by atoms with van der Waals surface area (Å²) in [5.41, 5.74) is 3.48. The van der Waals surface area contributed by atoms with E-state index in [1.807, 2.05) is 27.7 Å². The first kappa shape index (κ1) is 40.7. The number of aliphatic hydroxyl groups is 1. The Morgan fingerprint density at radius 2 is 1.75 bits per heavy atom. The van der Waals surface area contributed by atoms with Crippen molar-refractivity contribution in [3.63, 3.8) is 0 Å². The predicted octanol–water partition coefficient (Wildman–Crippen LogP) is 4.96. The Bertz CT molecular complexity index is 1220. The van der Waals surface area contributed by atoms with Crippen LogP contribution in [0.2, 0.25) is 0 Å². The van der Waals surface area contributed by atoms with Gasteiger partial charge in [-0.1, -0.05) is 69.0 Å². The van der Waals surface area contributed by atoms with Gasteiger partial charge in [-0.25, -0.2) is 4.39 Å². The highest BCUT2D eigenvalue weighted by atomic mass is 19.1. The first-order chi connectivity index (χ1) is 23.2. The van der Waals surface area contributed by atoms with Crippen molar-refractivity contribution in [2.24, 2.45) is 11.8 Å². The molecule has 3 unspecified atom stereocenters. The molecule has 3 amide bonds. The van der Waals surface area contributed by atoms with Crippen molar-refractivity contribution in [1.82, 2.24) is 20.9 Å². The number of benzene rings is 2. The average molecular weight is 671 g/mol. The summed E-state index contributed by atoms with van der Waals surface area (Å²) in [4.78, 5) is 39.0. The van der Waals surface area contributed by atoms with Crippen LogP contribution in [0, 0.1) is 24.6 Å². The first-order valence-electron chi connectivity index (χ1n) is 17.5. The molecule has 0 aromatic heterocycles. The van der Waals surface area contributed by atoms with Crippen LogP contribution in [0.25, 0.3) is 0 Å². The van der Waals surface area contributed by atoms with E-state index in [0.29, 0.717) is 19.6 Å². The Balaban J connectivity index is 0.000000690. The molecule has 4 rings (SSSR count). The molecule has 9 nitrogen and oxygen atoms in total. The highest BCUT2D eigenvalue weighted by Crippen LogP contribution is 2.33. The first-order valence-corrected chi connectivity index (χ1v) is 17.5. The number of nitrogens with one attached hydrogen (secondary N) is 3. The standard InChI is InChI=1S/C30H48N4O4.C7H7F.CH4O/c1-5-32-29(36)27(21(2)3)34(4)30(37)26(22-11-7-6-8-12-22)33-19-25-17-16-24-14-9-13-23(28(24)38-25)15-10-18-31-20-35;1-6-2-4-7(8)5-3-6;1-2/h9,13-14,20-22,25-27,33H,5-8,10-12,15-19H2,1-4H3,(H,31,35)(H,32,36);2-5H,1H3;2H,1H3. The average Bonchev–Trinajstić information content (AvgIpc) is 3.09. The lowest BCUT2D eigenvalue weighted by atomic mass is 9.83. The number of carbonyl (C=O) groups is 3. The minimum atomic E-state index is -0.496. The molecule has 4 N–H and O–H groups in total. The van der Waals surface area contributed by atoms with Gasteiger partial charge in [0.1, 0.15) is 23.7 Å². The highest BCUT2D eigenvalue weighted by molar-refractivity contribution is 5.90. The largest absolute Gasteiger partial charge is 0.489 e. The number of amides is 3. The normalized spacial score (nSPS) is 16.8. The smallest absolute Gasteiger partial charge is 0.243 e. The number of ether oxygens (including phenoxy) is 1. The van der Waals surface area contributed by atoms with Crippen LogP contribution < -0.4 is 20.7 Å². The second-order valence-corrected chi connectivity index (χ2v) is 13.0. The van der Waals surface area contributed by atoms with Gasteiger partial charge in [0.05, 0.1) is 6.04 Å². The summed E-state index contributed by atoms with van der Waals surface area (Å²) in [5, 5.41) is 16.3. The number of fused-ring (bicyclic) bond motifs is 1. The molecule has 1 aliphatic carbocycles. The van der Waals surface area contributed by atoms with Crippen LogP contribution in [0.5, 0.6) is 5.75 Å². The maximum Gasteiger partial charge on any atom is 0.243 e. The van der Waals surface area contributed by atoms with E-state index in [2.05, 4.69) is 34.1 Å². The molecule has 268 valence electrons.